The van der Waals surface area contributed by atoms with E-state index in [1.165, 1.54) is 0 Å². The van der Waals surface area contributed by atoms with Gasteiger partial charge in [-0.05, 0) is 35.9 Å². The lowest BCUT2D eigenvalue weighted by atomic mass is 10.0. The van der Waals surface area contributed by atoms with Gasteiger partial charge in [0.2, 0.25) is 0 Å². The van der Waals surface area contributed by atoms with Gasteiger partial charge < -0.3 is 14.8 Å². The largest absolute Gasteiger partial charge is 0.493 e. The average molecular weight is 372 g/mol. The van der Waals surface area contributed by atoms with Gasteiger partial charge in [-0.3, -0.25) is 4.98 Å². The van der Waals surface area contributed by atoms with Crippen LogP contribution < -0.4 is 14.8 Å². The van der Waals surface area contributed by atoms with Gasteiger partial charge in [0, 0.05) is 36.0 Å². The standard InChI is InChI=1S/C22H20N4O2/c1-23-22-17-12-14(16-7-4-8-19(27-2)20(16)28-3)9-10-18(17)25-21(26-22)15-6-5-11-24-13-15/h4-13H,1-3H3,(H,23,25,26). The molecule has 2 aromatic heterocycles. The molecule has 28 heavy (non-hydrogen) atoms. The van der Waals surface area contributed by atoms with E-state index in [1.807, 2.05) is 49.5 Å². The summed E-state index contributed by atoms with van der Waals surface area (Å²) < 4.78 is 11.0. The van der Waals surface area contributed by atoms with Gasteiger partial charge in [-0.15, -0.1) is 0 Å². The van der Waals surface area contributed by atoms with Gasteiger partial charge in [-0.2, -0.15) is 0 Å². The van der Waals surface area contributed by atoms with Gasteiger partial charge in [0.15, 0.2) is 17.3 Å². The van der Waals surface area contributed by atoms with E-state index < -0.39 is 0 Å². The normalized spacial score (nSPS) is 10.7. The predicted molar refractivity (Wildman–Crippen MR) is 111 cm³/mol. The number of nitrogens with zero attached hydrogens (tertiary/aromatic N) is 3. The Kier molecular flexibility index (Phi) is 4.76. The molecule has 0 aliphatic carbocycles. The van der Waals surface area contributed by atoms with Crippen molar-refractivity contribution in [1.29, 1.82) is 0 Å². The Balaban J connectivity index is 1.89. The van der Waals surface area contributed by atoms with Crippen molar-refractivity contribution in [2.45, 2.75) is 0 Å². The molecule has 0 unspecified atom stereocenters. The van der Waals surface area contributed by atoms with Crippen molar-refractivity contribution in [3.63, 3.8) is 0 Å². The van der Waals surface area contributed by atoms with E-state index in [0.29, 0.717) is 17.3 Å². The molecule has 4 rings (SSSR count). The summed E-state index contributed by atoms with van der Waals surface area (Å²) in [6.07, 6.45) is 3.49. The summed E-state index contributed by atoms with van der Waals surface area (Å²) in [5, 5.41) is 4.11. The third-order valence-electron chi connectivity index (χ3n) is 4.57. The fourth-order valence-electron chi connectivity index (χ4n) is 3.23. The molecule has 0 saturated heterocycles. The number of hydrogen-bond donors (Lipinski definition) is 1. The fraction of sp³-hybridized carbons (Fsp3) is 0.136. The van der Waals surface area contributed by atoms with Crippen LogP contribution in [0.15, 0.2) is 60.9 Å². The van der Waals surface area contributed by atoms with Crippen molar-refractivity contribution in [1.82, 2.24) is 15.0 Å². The van der Waals surface area contributed by atoms with Crippen molar-refractivity contribution in [3.05, 3.63) is 60.9 Å². The first-order chi connectivity index (χ1) is 13.7. The monoisotopic (exact) mass is 372 g/mol. The number of para-hydroxylation sites is 1. The summed E-state index contributed by atoms with van der Waals surface area (Å²) in [6.45, 7) is 0. The van der Waals surface area contributed by atoms with Gasteiger partial charge in [-0.25, -0.2) is 9.97 Å². The van der Waals surface area contributed by atoms with Crippen LogP contribution in [0, 0.1) is 0 Å². The number of nitrogens with one attached hydrogen (secondary N) is 1. The molecule has 0 saturated carbocycles. The first-order valence-corrected chi connectivity index (χ1v) is 8.86. The Bertz CT molecular complexity index is 1130. The molecule has 4 aromatic rings. The van der Waals surface area contributed by atoms with Crippen LogP contribution in [-0.4, -0.2) is 36.2 Å². The number of aromatic nitrogens is 3. The van der Waals surface area contributed by atoms with Crippen LogP contribution >= 0.6 is 0 Å². The van der Waals surface area contributed by atoms with Gasteiger partial charge in [0.1, 0.15) is 5.82 Å². The maximum atomic E-state index is 5.59. The van der Waals surface area contributed by atoms with Crippen molar-refractivity contribution >= 4 is 16.7 Å². The quantitative estimate of drug-likeness (QED) is 0.559. The fourth-order valence-corrected chi connectivity index (χ4v) is 3.23. The number of methoxy groups -OCH3 is 2. The topological polar surface area (TPSA) is 69.2 Å². The highest BCUT2D eigenvalue weighted by Crippen LogP contribution is 2.39. The van der Waals surface area contributed by atoms with Crippen LogP contribution in [-0.2, 0) is 0 Å². The van der Waals surface area contributed by atoms with Crippen LogP contribution in [0.1, 0.15) is 0 Å². The number of pyridine rings is 1. The third-order valence-corrected chi connectivity index (χ3v) is 4.57. The van der Waals surface area contributed by atoms with Crippen LogP contribution in [0.4, 0.5) is 5.82 Å². The second-order valence-corrected chi connectivity index (χ2v) is 6.16. The number of hydrogen-bond acceptors (Lipinski definition) is 6. The highest BCUT2D eigenvalue weighted by molar-refractivity contribution is 5.94. The minimum absolute atomic E-state index is 0.636. The molecule has 1 N–H and O–H groups in total. The molecule has 0 fully saturated rings. The zero-order valence-electron chi connectivity index (χ0n) is 15.9. The lowest BCUT2D eigenvalue weighted by Crippen LogP contribution is -1.99. The van der Waals surface area contributed by atoms with E-state index in [-0.39, 0.29) is 0 Å². The minimum Gasteiger partial charge on any atom is -0.493 e. The Morgan fingerprint density at radius 3 is 2.50 bits per heavy atom. The molecule has 2 aromatic carbocycles. The molecule has 0 atom stereocenters. The number of fused-ring (bicyclic) bond motifs is 1. The number of benzene rings is 2. The zero-order chi connectivity index (χ0) is 19.5. The van der Waals surface area contributed by atoms with E-state index in [4.69, 9.17) is 14.5 Å². The summed E-state index contributed by atoms with van der Waals surface area (Å²) in [4.78, 5) is 13.6. The Labute approximate surface area is 163 Å². The number of rotatable bonds is 5. The van der Waals surface area contributed by atoms with E-state index in [1.54, 1.807) is 26.6 Å². The lowest BCUT2D eigenvalue weighted by molar-refractivity contribution is 0.356. The molecule has 0 radical (unpaired) electrons. The van der Waals surface area contributed by atoms with Crippen molar-refractivity contribution in [3.8, 4) is 34.0 Å². The third kappa shape index (κ3) is 3.09. The first kappa shape index (κ1) is 17.7. The predicted octanol–water partition coefficient (Wildman–Crippen LogP) is 4.42. The van der Waals surface area contributed by atoms with E-state index >= 15 is 0 Å². The second-order valence-electron chi connectivity index (χ2n) is 6.16. The van der Waals surface area contributed by atoms with Crippen LogP contribution in [0.25, 0.3) is 33.4 Å². The molecular formula is C22H20N4O2. The van der Waals surface area contributed by atoms with E-state index in [2.05, 4.69) is 21.4 Å². The molecule has 6 heteroatoms. The molecular weight excluding hydrogens is 352 g/mol. The molecule has 0 aliphatic heterocycles. The van der Waals surface area contributed by atoms with Crippen molar-refractivity contribution in [2.75, 3.05) is 26.6 Å². The second kappa shape index (κ2) is 7.52. The molecule has 0 bridgehead atoms. The lowest BCUT2D eigenvalue weighted by Gasteiger charge is -2.14. The first-order valence-electron chi connectivity index (χ1n) is 8.86. The maximum Gasteiger partial charge on any atom is 0.168 e. The molecule has 0 aliphatic rings. The summed E-state index contributed by atoms with van der Waals surface area (Å²) in [7, 11) is 5.13. The Morgan fingerprint density at radius 1 is 0.893 bits per heavy atom. The molecule has 0 amide bonds. The molecule has 0 spiro atoms. The zero-order valence-corrected chi connectivity index (χ0v) is 15.9. The van der Waals surface area contributed by atoms with E-state index in [9.17, 15) is 0 Å². The summed E-state index contributed by atoms with van der Waals surface area (Å²) in [6, 6.07) is 15.7. The van der Waals surface area contributed by atoms with Gasteiger partial charge in [0.05, 0.1) is 19.7 Å². The highest BCUT2D eigenvalue weighted by Gasteiger charge is 2.14. The number of anilines is 1. The van der Waals surface area contributed by atoms with Crippen LogP contribution in [0.5, 0.6) is 11.5 Å². The highest BCUT2D eigenvalue weighted by atomic mass is 16.5. The maximum absolute atomic E-state index is 5.59. The molecule has 6 nitrogen and oxygen atoms in total. The molecule has 140 valence electrons. The molecule has 2 heterocycles. The van der Waals surface area contributed by atoms with Crippen LogP contribution in [0.2, 0.25) is 0 Å². The Hall–Kier alpha value is -3.67. The van der Waals surface area contributed by atoms with Crippen molar-refractivity contribution < 1.29 is 9.47 Å². The smallest absolute Gasteiger partial charge is 0.168 e. The average Bonchev–Trinajstić information content (AvgIpc) is 2.77. The summed E-state index contributed by atoms with van der Waals surface area (Å²) >= 11 is 0. The van der Waals surface area contributed by atoms with E-state index in [0.717, 1.165) is 33.4 Å². The minimum atomic E-state index is 0.636. The van der Waals surface area contributed by atoms with Crippen LogP contribution in [0.3, 0.4) is 0 Å². The van der Waals surface area contributed by atoms with Gasteiger partial charge >= 0.3 is 0 Å². The summed E-state index contributed by atoms with van der Waals surface area (Å²) in [5.74, 6) is 2.78. The number of ether oxygens (including phenoxy) is 2. The van der Waals surface area contributed by atoms with Crippen molar-refractivity contribution in [2.24, 2.45) is 0 Å². The Morgan fingerprint density at radius 2 is 1.79 bits per heavy atom. The SMILES string of the molecule is CNc1nc(-c2cccnc2)nc2ccc(-c3cccc(OC)c3OC)cc12. The van der Waals surface area contributed by atoms with Gasteiger partial charge in [-0.1, -0.05) is 18.2 Å². The van der Waals surface area contributed by atoms with Gasteiger partial charge in [0.25, 0.3) is 0 Å². The summed E-state index contributed by atoms with van der Waals surface area (Å²) in [5.41, 5.74) is 3.67.